The van der Waals surface area contributed by atoms with E-state index in [1.165, 1.54) is 0 Å². The van der Waals surface area contributed by atoms with Crippen molar-refractivity contribution in [1.82, 2.24) is 4.98 Å². The van der Waals surface area contributed by atoms with E-state index in [2.05, 4.69) is 10.3 Å². The standard InChI is InChI=1S/C8H8N2O2/c1-5-8(11)10-7-6(12-5)3-2-4-9-7/h2-5H,1H3,(H,9,10,11)/t5-/m0/s1. The molecule has 0 aliphatic carbocycles. The SMILES string of the molecule is C[C@@H]1Oc2cccnc2NC1=O. The van der Waals surface area contributed by atoms with Crippen LogP contribution < -0.4 is 10.1 Å². The van der Waals surface area contributed by atoms with Gasteiger partial charge >= 0.3 is 0 Å². The van der Waals surface area contributed by atoms with Crippen LogP contribution in [0.25, 0.3) is 0 Å². The molecule has 2 rings (SSSR count). The lowest BCUT2D eigenvalue weighted by Gasteiger charge is -2.21. The van der Waals surface area contributed by atoms with Crippen molar-refractivity contribution in [3.05, 3.63) is 18.3 Å². The van der Waals surface area contributed by atoms with Crippen molar-refractivity contribution in [2.24, 2.45) is 0 Å². The first-order valence-corrected chi connectivity index (χ1v) is 3.70. The molecule has 0 aromatic carbocycles. The summed E-state index contributed by atoms with van der Waals surface area (Å²) in [5.41, 5.74) is 0. The number of nitrogens with zero attached hydrogens (tertiary/aromatic N) is 1. The first-order chi connectivity index (χ1) is 5.77. The summed E-state index contributed by atoms with van der Waals surface area (Å²) < 4.78 is 5.27. The van der Waals surface area contributed by atoms with Gasteiger partial charge in [-0.3, -0.25) is 4.79 Å². The van der Waals surface area contributed by atoms with Crippen LogP contribution in [0.2, 0.25) is 0 Å². The number of amides is 1. The molecule has 4 heteroatoms. The third-order valence-electron chi connectivity index (χ3n) is 1.69. The number of ether oxygens (including phenoxy) is 1. The van der Waals surface area contributed by atoms with Gasteiger partial charge in [-0.2, -0.15) is 0 Å². The Morgan fingerprint density at radius 2 is 2.50 bits per heavy atom. The Labute approximate surface area is 69.6 Å². The third kappa shape index (κ3) is 1.01. The molecule has 0 unspecified atom stereocenters. The van der Waals surface area contributed by atoms with Gasteiger partial charge in [-0.25, -0.2) is 4.98 Å². The number of pyridine rings is 1. The molecule has 4 nitrogen and oxygen atoms in total. The van der Waals surface area contributed by atoms with Gasteiger partial charge in [0.2, 0.25) is 0 Å². The Kier molecular flexibility index (Phi) is 1.46. The molecule has 12 heavy (non-hydrogen) atoms. The third-order valence-corrected chi connectivity index (χ3v) is 1.69. The minimum Gasteiger partial charge on any atom is -0.477 e. The van der Waals surface area contributed by atoms with Gasteiger partial charge in [0.05, 0.1) is 0 Å². The first-order valence-electron chi connectivity index (χ1n) is 3.70. The van der Waals surface area contributed by atoms with E-state index in [1.807, 2.05) is 0 Å². The second kappa shape index (κ2) is 2.48. The van der Waals surface area contributed by atoms with Gasteiger partial charge in [0.15, 0.2) is 17.7 Å². The number of rotatable bonds is 0. The predicted molar refractivity (Wildman–Crippen MR) is 43.0 cm³/mol. The molecular formula is C8H8N2O2. The number of nitrogens with one attached hydrogen (secondary N) is 1. The highest BCUT2D eigenvalue weighted by atomic mass is 16.5. The van der Waals surface area contributed by atoms with E-state index in [4.69, 9.17) is 4.74 Å². The molecule has 0 saturated heterocycles. The molecule has 0 spiro atoms. The van der Waals surface area contributed by atoms with E-state index >= 15 is 0 Å². The monoisotopic (exact) mass is 164 g/mol. The summed E-state index contributed by atoms with van der Waals surface area (Å²) in [5, 5.41) is 2.63. The number of fused-ring (bicyclic) bond motifs is 1. The molecule has 1 N–H and O–H groups in total. The molecule has 1 atom stereocenters. The Morgan fingerprint density at radius 3 is 3.33 bits per heavy atom. The molecule has 1 aliphatic rings. The number of anilines is 1. The smallest absolute Gasteiger partial charge is 0.266 e. The predicted octanol–water partition coefficient (Wildman–Crippen LogP) is 0.801. The van der Waals surface area contributed by atoms with Crippen LogP contribution in [0.1, 0.15) is 6.92 Å². The van der Waals surface area contributed by atoms with Crippen molar-refractivity contribution < 1.29 is 9.53 Å². The maximum atomic E-state index is 11.1. The average Bonchev–Trinajstić information content (AvgIpc) is 2.07. The highest BCUT2D eigenvalue weighted by Crippen LogP contribution is 2.25. The van der Waals surface area contributed by atoms with Crippen LogP contribution >= 0.6 is 0 Å². The summed E-state index contributed by atoms with van der Waals surface area (Å²) in [5.74, 6) is 0.978. The van der Waals surface area contributed by atoms with Crippen LogP contribution in [0, 0.1) is 0 Å². The summed E-state index contributed by atoms with van der Waals surface area (Å²) >= 11 is 0. The summed E-state index contributed by atoms with van der Waals surface area (Å²) in [6, 6.07) is 3.54. The molecular weight excluding hydrogens is 156 g/mol. The highest BCUT2D eigenvalue weighted by molar-refractivity contribution is 5.96. The van der Waals surface area contributed by atoms with Gasteiger partial charge < -0.3 is 10.1 Å². The van der Waals surface area contributed by atoms with Gasteiger partial charge in [-0.15, -0.1) is 0 Å². The molecule has 1 aromatic rings. The van der Waals surface area contributed by atoms with Crippen molar-refractivity contribution in [1.29, 1.82) is 0 Å². The maximum Gasteiger partial charge on any atom is 0.266 e. The van der Waals surface area contributed by atoms with E-state index in [9.17, 15) is 4.79 Å². The number of carbonyl (C=O) groups is 1. The van der Waals surface area contributed by atoms with E-state index in [0.29, 0.717) is 11.6 Å². The van der Waals surface area contributed by atoms with Gasteiger partial charge in [-0.1, -0.05) is 0 Å². The molecule has 0 fully saturated rings. The minimum atomic E-state index is -0.429. The summed E-state index contributed by atoms with van der Waals surface area (Å²) in [6.07, 6.45) is 1.18. The van der Waals surface area contributed by atoms with Crippen molar-refractivity contribution in [2.45, 2.75) is 13.0 Å². The molecule has 0 saturated carbocycles. The van der Waals surface area contributed by atoms with E-state index in [1.54, 1.807) is 25.3 Å². The quantitative estimate of drug-likeness (QED) is 0.617. The number of carbonyl (C=O) groups excluding carboxylic acids is 1. The first kappa shape index (κ1) is 7.09. The van der Waals surface area contributed by atoms with Crippen LogP contribution in [0.4, 0.5) is 5.82 Å². The summed E-state index contributed by atoms with van der Waals surface area (Å²) in [7, 11) is 0. The van der Waals surface area contributed by atoms with Crippen molar-refractivity contribution in [2.75, 3.05) is 5.32 Å². The minimum absolute atomic E-state index is 0.152. The number of hydrogen-bond donors (Lipinski definition) is 1. The normalized spacial score (nSPS) is 20.8. The van der Waals surface area contributed by atoms with Crippen LogP contribution in [0.5, 0.6) is 5.75 Å². The topological polar surface area (TPSA) is 51.2 Å². The fourth-order valence-corrected chi connectivity index (χ4v) is 1.04. The van der Waals surface area contributed by atoms with Crippen LogP contribution in [0.15, 0.2) is 18.3 Å². The van der Waals surface area contributed by atoms with Crippen molar-refractivity contribution >= 4 is 11.7 Å². The van der Waals surface area contributed by atoms with Gasteiger partial charge in [-0.05, 0) is 19.1 Å². The zero-order chi connectivity index (χ0) is 8.55. The maximum absolute atomic E-state index is 11.1. The van der Waals surface area contributed by atoms with Crippen molar-refractivity contribution in [3.63, 3.8) is 0 Å². The van der Waals surface area contributed by atoms with E-state index in [0.717, 1.165) is 0 Å². The zero-order valence-electron chi connectivity index (χ0n) is 6.57. The summed E-state index contributed by atoms with van der Waals surface area (Å²) in [4.78, 5) is 15.0. The summed E-state index contributed by atoms with van der Waals surface area (Å²) in [6.45, 7) is 1.70. The lowest BCUT2D eigenvalue weighted by molar-refractivity contribution is -0.122. The highest BCUT2D eigenvalue weighted by Gasteiger charge is 2.23. The molecule has 1 aromatic heterocycles. The van der Waals surface area contributed by atoms with E-state index < -0.39 is 6.10 Å². The lowest BCUT2D eigenvalue weighted by atomic mass is 10.3. The number of hydrogen-bond acceptors (Lipinski definition) is 3. The van der Waals surface area contributed by atoms with E-state index in [-0.39, 0.29) is 5.91 Å². The molecule has 0 radical (unpaired) electrons. The van der Waals surface area contributed by atoms with Gasteiger partial charge in [0.1, 0.15) is 0 Å². The molecule has 1 amide bonds. The average molecular weight is 164 g/mol. The van der Waals surface area contributed by atoms with Crippen molar-refractivity contribution in [3.8, 4) is 5.75 Å². The Morgan fingerprint density at radius 1 is 1.67 bits per heavy atom. The van der Waals surface area contributed by atoms with Crippen LogP contribution in [0.3, 0.4) is 0 Å². The number of aromatic nitrogens is 1. The Bertz CT molecular complexity index is 325. The molecule has 62 valence electrons. The Hall–Kier alpha value is -1.58. The van der Waals surface area contributed by atoms with Crippen LogP contribution in [-0.4, -0.2) is 17.0 Å². The second-order valence-corrected chi connectivity index (χ2v) is 2.60. The molecule has 0 bridgehead atoms. The molecule has 2 heterocycles. The van der Waals surface area contributed by atoms with Gasteiger partial charge in [0.25, 0.3) is 5.91 Å². The van der Waals surface area contributed by atoms with Gasteiger partial charge in [0, 0.05) is 6.20 Å². The lowest BCUT2D eigenvalue weighted by Crippen LogP contribution is -2.34. The fraction of sp³-hybridized carbons (Fsp3) is 0.250. The fourth-order valence-electron chi connectivity index (χ4n) is 1.04. The second-order valence-electron chi connectivity index (χ2n) is 2.60. The zero-order valence-corrected chi connectivity index (χ0v) is 6.57. The largest absolute Gasteiger partial charge is 0.477 e. The molecule has 1 aliphatic heterocycles. The Balaban J connectivity index is 2.40. The van der Waals surface area contributed by atoms with Crippen LogP contribution in [-0.2, 0) is 4.79 Å².